The third kappa shape index (κ3) is 2.75. The molecule has 0 radical (unpaired) electrons. The van der Waals surface area contributed by atoms with E-state index >= 15 is 0 Å². The molecule has 0 amide bonds. The minimum atomic E-state index is 0.369. The Bertz CT molecular complexity index is 405. The maximum atomic E-state index is 5.35. The van der Waals surface area contributed by atoms with E-state index in [2.05, 4.69) is 17.4 Å². The Balaban J connectivity index is 2.13. The molecule has 0 heterocycles. The Kier molecular flexibility index (Phi) is 4.40. The second-order valence-corrected chi connectivity index (χ2v) is 6.23. The van der Waals surface area contributed by atoms with Crippen molar-refractivity contribution < 1.29 is 9.47 Å². The summed E-state index contributed by atoms with van der Waals surface area (Å²) < 4.78 is 11.0. The molecule has 2 rings (SSSR count). The first-order valence-electron chi connectivity index (χ1n) is 6.29. The molecule has 0 bridgehead atoms. The number of thioether (sulfide) groups is 1. The van der Waals surface area contributed by atoms with Gasteiger partial charge in [-0.1, -0.05) is 6.42 Å². The highest BCUT2D eigenvalue weighted by Gasteiger charge is 2.37. The number of ether oxygens (including phenoxy) is 2. The molecule has 3 nitrogen and oxygen atoms in total. The smallest absolute Gasteiger partial charge is 0.161 e. The van der Waals surface area contributed by atoms with Gasteiger partial charge in [0.25, 0.3) is 0 Å². The number of methoxy groups -OCH3 is 2. The summed E-state index contributed by atoms with van der Waals surface area (Å²) in [4.78, 5) is 1.25. The molecule has 100 valence electrons. The Morgan fingerprint density at radius 3 is 2.44 bits per heavy atom. The van der Waals surface area contributed by atoms with Gasteiger partial charge in [-0.2, -0.15) is 0 Å². The second-order valence-electron chi connectivity index (χ2n) is 4.69. The standard InChI is InChI=1S/C14H21NO2S/c1-15-10-14(7-4-8-14)18-11-5-6-12(16-2)13(9-11)17-3/h5-6,9,15H,4,7-8,10H2,1-3H3. The zero-order valence-corrected chi connectivity index (χ0v) is 12.1. The van der Waals surface area contributed by atoms with Crippen molar-refractivity contribution in [3.63, 3.8) is 0 Å². The van der Waals surface area contributed by atoms with Crippen molar-refractivity contribution in [1.82, 2.24) is 5.32 Å². The highest BCUT2D eigenvalue weighted by Crippen LogP contribution is 2.48. The monoisotopic (exact) mass is 267 g/mol. The molecule has 0 unspecified atom stereocenters. The van der Waals surface area contributed by atoms with Crippen molar-refractivity contribution >= 4 is 11.8 Å². The van der Waals surface area contributed by atoms with E-state index in [0.29, 0.717) is 4.75 Å². The lowest BCUT2D eigenvalue weighted by molar-refractivity contribution is 0.350. The first kappa shape index (κ1) is 13.6. The number of rotatable bonds is 6. The third-order valence-electron chi connectivity index (χ3n) is 3.45. The third-order valence-corrected chi connectivity index (χ3v) is 4.93. The average Bonchev–Trinajstić information content (AvgIpc) is 2.36. The fraction of sp³-hybridized carbons (Fsp3) is 0.571. The van der Waals surface area contributed by atoms with Gasteiger partial charge in [0.1, 0.15) is 0 Å². The first-order valence-corrected chi connectivity index (χ1v) is 7.10. The summed E-state index contributed by atoms with van der Waals surface area (Å²) in [5.74, 6) is 1.60. The van der Waals surface area contributed by atoms with Crippen LogP contribution < -0.4 is 14.8 Å². The number of hydrogen-bond acceptors (Lipinski definition) is 4. The fourth-order valence-corrected chi connectivity index (χ4v) is 3.85. The van der Waals surface area contributed by atoms with Crippen LogP contribution >= 0.6 is 11.8 Å². The molecule has 0 atom stereocenters. The highest BCUT2D eigenvalue weighted by atomic mass is 32.2. The summed E-state index contributed by atoms with van der Waals surface area (Å²) >= 11 is 1.95. The Labute approximate surface area is 113 Å². The van der Waals surface area contributed by atoms with E-state index in [-0.39, 0.29) is 0 Å². The summed E-state index contributed by atoms with van der Waals surface area (Å²) in [6, 6.07) is 6.16. The lowest BCUT2D eigenvalue weighted by Gasteiger charge is -2.41. The van der Waals surface area contributed by atoms with E-state index in [4.69, 9.17) is 9.47 Å². The Morgan fingerprint density at radius 1 is 1.22 bits per heavy atom. The molecule has 1 aromatic rings. The van der Waals surface area contributed by atoms with E-state index in [1.54, 1.807) is 14.2 Å². The molecule has 4 heteroatoms. The van der Waals surface area contributed by atoms with Crippen LogP contribution in [0.15, 0.2) is 23.1 Å². The topological polar surface area (TPSA) is 30.5 Å². The maximum absolute atomic E-state index is 5.35. The number of hydrogen-bond donors (Lipinski definition) is 1. The summed E-state index contributed by atoms with van der Waals surface area (Å²) in [5, 5.41) is 3.31. The molecule has 0 spiro atoms. The van der Waals surface area contributed by atoms with Gasteiger partial charge in [0.2, 0.25) is 0 Å². The number of benzene rings is 1. The summed E-state index contributed by atoms with van der Waals surface area (Å²) in [5.41, 5.74) is 0. The van der Waals surface area contributed by atoms with Gasteiger partial charge >= 0.3 is 0 Å². The van der Waals surface area contributed by atoms with Gasteiger partial charge < -0.3 is 14.8 Å². The van der Waals surface area contributed by atoms with Gasteiger partial charge in [0.15, 0.2) is 11.5 Å². The molecular weight excluding hydrogens is 246 g/mol. The van der Waals surface area contributed by atoms with Crippen LogP contribution in [-0.4, -0.2) is 32.6 Å². The van der Waals surface area contributed by atoms with E-state index in [1.165, 1.54) is 24.2 Å². The average molecular weight is 267 g/mol. The van der Waals surface area contributed by atoms with Crippen LogP contribution in [-0.2, 0) is 0 Å². The summed E-state index contributed by atoms with van der Waals surface area (Å²) in [6.07, 6.45) is 3.90. The van der Waals surface area contributed by atoms with Crippen LogP contribution in [0, 0.1) is 0 Å². The summed E-state index contributed by atoms with van der Waals surface area (Å²) in [7, 11) is 5.37. The summed E-state index contributed by atoms with van der Waals surface area (Å²) in [6.45, 7) is 1.06. The van der Waals surface area contributed by atoms with Crippen LogP contribution in [0.25, 0.3) is 0 Å². The minimum absolute atomic E-state index is 0.369. The molecular formula is C14H21NO2S. The quantitative estimate of drug-likeness (QED) is 0.858. The lowest BCUT2D eigenvalue weighted by Crippen LogP contribution is -2.42. The fourth-order valence-electron chi connectivity index (χ4n) is 2.34. The molecule has 1 aromatic carbocycles. The van der Waals surface area contributed by atoms with Gasteiger partial charge in [-0.05, 0) is 38.1 Å². The Hall–Kier alpha value is -0.870. The van der Waals surface area contributed by atoms with E-state index in [9.17, 15) is 0 Å². The van der Waals surface area contributed by atoms with Gasteiger partial charge in [-0.15, -0.1) is 11.8 Å². The first-order chi connectivity index (χ1) is 8.73. The van der Waals surface area contributed by atoms with Crippen molar-refractivity contribution in [2.24, 2.45) is 0 Å². The highest BCUT2D eigenvalue weighted by molar-refractivity contribution is 8.00. The molecule has 0 aromatic heterocycles. The zero-order valence-electron chi connectivity index (χ0n) is 11.3. The van der Waals surface area contributed by atoms with Crippen molar-refractivity contribution in [3.8, 4) is 11.5 Å². The molecule has 1 fully saturated rings. The van der Waals surface area contributed by atoms with E-state index in [0.717, 1.165) is 18.0 Å². The molecule has 1 aliphatic rings. The Morgan fingerprint density at radius 2 is 1.94 bits per heavy atom. The predicted octanol–water partition coefficient (Wildman–Crippen LogP) is 2.94. The van der Waals surface area contributed by atoms with E-state index in [1.807, 2.05) is 24.9 Å². The van der Waals surface area contributed by atoms with Crippen molar-refractivity contribution in [3.05, 3.63) is 18.2 Å². The van der Waals surface area contributed by atoms with Gasteiger partial charge in [0, 0.05) is 16.2 Å². The van der Waals surface area contributed by atoms with Crippen LogP contribution in [0.3, 0.4) is 0 Å². The molecule has 0 aliphatic heterocycles. The lowest BCUT2D eigenvalue weighted by atomic mass is 9.84. The van der Waals surface area contributed by atoms with Gasteiger partial charge in [-0.3, -0.25) is 0 Å². The van der Waals surface area contributed by atoms with Gasteiger partial charge in [-0.25, -0.2) is 0 Å². The predicted molar refractivity (Wildman–Crippen MR) is 75.9 cm³/mol. The van der Waals surface area contributed by atoms with Crippen LogP contribution in [0.5, 0.6) is 11.5 Å². The second kappa shape index (κ2) is 5.85. The minimum Gasteiger partial charge on any atom is -0.493 e. The maximum Gasteiger partial charge on any atom is 0.161 e. The van der Waals surface area contributed by atoms with Gasteiger partial charge in [0.05, 0.1) is 14.2 Å². The van der Waals surface area contributed by atoms with Crippen LogP contribution in [0.4, 0.5) is 0 Å². The normalized spacial score (nSPS) is 17.1. The number of nitrogens with one attached hydrogen (secondary N) is 1. The molecule has 18 heavy (non-hydrogen) atoms. The zero-order chi connectivity index (χ0) is 13.0. The van der Waals surface area contributed by atoms with Crippen molar-refractivity contribution in [2.75, 3.05) is 27.8 Å². The van der Waals surface area contributed by atoms with Crippen LogP contribution in [0.1, 0.15) is 19.3 Å². The molecule has 1 N–H and O–H groups in total. The molecule has 0 saturated heterocycles. The molecule has 1 saturated carbocycles. The largest absolute Gasteiger partial charge is 0.493 e. The molecule has 1 aliphatic carbocycles. The van der Waals surface area contributed by atoms with Crippen molar-refractivity contribution in [2.45, 2.75) is 28.9 Å². The van der Waals surface area contributed by atoms with E-state index < -0.39 is 0 Å². The van der Waals surface area contributed by atoms with Crippen LogP contribution in [0.2, 0.25) is 0 Å². The van der Waals surface area contributed by atoms with Crippen molar-refractivity contribution in [1.29, 1.82) is 0 Å². The SMILES string of the molecule is CNCC1(Sc2ccc(OC)c(OC)c2)CCC1.